The van der Waals surface area contributed by atoms with Crippen LogP contribution < -0.4 is 10.6 Å². The molecular formula is C12H20IN3O2. The van der Waals surface area contributed by atoms with Crippen LogP contribution in [0.15, 0.2) is 0 Å². The highest BCUT2D eigenvalue weighted by atomic mass is 127. The van der Waals surface area contributed by atoms with E-state index in [-0.39, 0.29) is 18.0 Å². The molecule has 2 aliphatic rings. The molecule has 2 rings (SSSR count). The number of nitrogens with zero attached hydrogens (tertiary/aromatic N) is 1. The molecule has 2 fully saturated rings. The van der Waals surface area contributed by atoms with Gasteiger partial charge in [0, 0.05) is 25.2 Å². The van der Waals surface area contributed by atoms with Crippen LogP contribution in [0.5, 0.6) is 0 Å². The van der Waals surface area contributed by atoms with Crippen molar-refractivity contribution in [2.75, 3.05) is 17.5 Å². The molecule has 102 valence electrons. The van der Waals surface area contributed by atoms with Gasteiger partial charge in [0.25, 0.3) is 0 Å². The van der Waals surface area contributed by atoms with Crippen LogP contribution in [0, 0.1) is 0 Å². The summed E-state index contributed by atoms with van der Waals surface area (Å²) in [4.78, 5) is 25.1. The largest absolute Gasteiger partial charge is 0.342 e. The average molecular weight is 365 g/mol. The van der Waals surface area contributed by atoms with Crippen molar-refractivity contribution in [2.24, 2.45) is 0 Å². The van der Waals surface area contributed by atoms with Gasteiger partial charge in [-0.05, 0) is 32.1 Å². The van der Waals surface area contributed by atoms with Crippen LogP contribution in [0.3, 0.4) is 0 Å². The van der Waals surface area contributed by atoms with Gasteiger partial charge < -0.3 is 15.5 Å². The topological polar surface area (TPSA) is 61.4 Å². The Morgan fingerprint density at radius 1 is 1.06 bits per heavy atom. The highest BCUT2D eigenvalue weighted by molar-refractivity contribution is 14.1. The Morgan fingerprint density at radius 3 is 2.06 bits per heavy atom. The van der Waals surface area contributed by atoms with Crippen molar-refractivity contribution in [3.05, 3.63) is 0 Å². The second-order valence-corrected chi connectivity index (χ2v) is 5.80. The number of amides is 3. The highest BCUT2D eigenvalue weighted by Crippen LogP contribution is 2.18. The number of hydrogen-bond donors (Lipinski definition) is 2. The van der Waals surface area contributed by atoms with Crippen LogP contribution in [0.2, 0.25) is 0 Å². The minimum Gasteiger partial charge on any atom is -0.342 e. The maximum Gasteiger partial charge on any atom is 0.315 e. The standard InChI is InChI=1S/C12H20IN3O2/c13-8-11(17)16-6-4-10(5-7-16)15-12(18)14-9-2-1-3-9/h9-10H,1-8H2,(H2,14,15,18). The lowest BCUT2D eigenvalue weighted by molar-refractivity contribution is -0.129. The molecule has 1 aliphatic carbocycles. The SMILES string of the molecule is O=C(NC1CCC1)NC1CCN(C(=O)CI)CC1. The fourth-order valence-electron chi connectivity index (χ4n) is 2.32. The summed E-state index contributed by atoms with van der Waals surface area (Å²) in [5.41, 5.74) is 0. The van der Waals surface area contributed by atoms with Crippen molar-refractivity contribution in [1.29, 1.82) is 0 Å². The fraction of sp³-hybridized carbons (Fsp3) is 0.833. The molecule has 1 saturated carbocycles. The quantitative estimate of drug-likeness (QED) is 0.585. The number of rotatable bonds is 3. The number of hydrogen-bond acceptors (Lipinski definition) is 2. The van der Waals surface area contributed by atoms with Gasteiger partial charge in [-0.3, -0.25) is 4.79 Å². The van der Waals surface area contributed by atoms with E-state index in [4.69, 9.17) is 0 Å². The molecule has 1 heterocycles. The first kappa shape index (κ1) is 13.9. The summed E-state index contributed by atoms with van der Waals surface area (Å²) in [6, 6.07) is 0.549. The van der Waals surface area contributed by atoms with Crippen LogP contribution in [0.1, 0.15) is 32.1 Å². The number of carbonyl (C=O) groups is 2. The molecule has 0 unspecified atom stereocenters. The van der Waals surface area contributed by atoms with E-state index in [0.29, 0.717) is 10.5 Å². The Balaban J connectivity index is 1.66. The maximum absolute atomic E-state index is 11.7. The predicted molar refractivity (Wildman–Crippen MR) is 77.8 cm³/mol. The van der Waals surface area contributed by atoms with Crippen molar-refractivity contribution in [3.63, 3.8) is 0 Å². The third-order valence-electron chi connectivity index (χ3n) is 3.74. The first-order valence-corrected chi connectivity index (χ1v) is 8.12. The molecule has 0 aromatic rings. The van der Waals surface area contributed by atoms with Crippen LogP contribution in [-0.2, 0) is 4.79 Å². The number of piperidine rings is 1. The van der Waals surface area contributed by atoms with Crippen LogP contribution in [-0.4, -0.2) is 46.4 Å². The van der Waals surface area contributed by atoms with E-state index < -0.39 is 0 Å². The van der Waals surface area contributed by atoms with Crippen molar-refractivity contribution >= 4 is 34.5 Å². The van der Waals surface area contributed by atoms with Crippen LogP contribution in [0.4, 0.5) is 4.79 Å². The minimum absolute atomic E-state index is 0.0432. The lowest BCUT2D eigenvalue weighted by Gasteiger charge is -2.33. The van der Waals surface area contributed by atoms with Gasteiger partial charge in [-0.2, -0.15) is 0 Å². The summed E-state index contributed by atoms with van der Waals surface area (Å²) in [7, 11) is 0. The van der Waals surface area contributed by atoms with Gasteiger partial charge in [0.2, 0.25) is 5.91 Å². The molecule has 3 amide bonds. The first-order valence-electron chi connectivity index (χ1n) is 6.60. The van der Waals surface area contributed by atoms with E-state index in [2.05, 4.69) is 33.2 Å². The summed E-state index contributed by atoms with van der Waals surface area (Å²) in [5.74, 6) is 0.202. The number of likely N-dealkylation sites (tertiary alicyclic amines) is 1. The van der Waals surface area contributed by atoms with Gasteiger partial charge in [0.05, 0.1) is 4.43 Å². The number of halogens is 1. The third-order valence-corrected chi connectivity index (χ3v) is 4.39. The zero-order valence-electron chi connectivity index (χ0n) is 10.5. The van der Waals surface area contributed by atoms with E-state index in [1.54, 1.807) is 0 Å². The van der Waals surface area contributed by atoms with Gasteiger partial charge >= 0.3 is 6.03 Å². The predicted octanol–water partition coefficient (Wildman–Crippen LogP) is 1.26. The fourth-order valence-corrected chi connectivity index (χ4v) is 2.81. The minimum atomic E-state index is -0.0432. The normalized spacial score (nSPS) is 21.3. The Bertz CT molecular complexity index is 312. The van der Waals surface area contributed by atoms with Gasteiger partial charge in [0.15, 0.2) is 0 Å². The number of carbonyl (C=O) groups excluding carboxylic acids is 2. The van der Waals surface area contributed by atoms with Gasteiger partial charge in [0.1, 0.15) is 0 Å². The van der Waals surface area contributed by atoms with E-state index >= 15 is 0 Å². The smallest absolute Gasteiger partial charge is 0.315 e. The van der Waals surface area contributed by atoms with Crippen LogP contribution >= 0.6 is 22.6 Å². The third kappa shape index (κ3) is 3.73. The zero-order valence-corrected chi connectivity index (χ0v) is 12.6. The number of urea groups is 1. The summed E-state index contributed by atoms with van der Waals surface area (Å²) >= 11 is 2.09. The maximum atomic E-state index is 11.7. The van der Waals surface area contributed by atoms with E-state index in [1.165, 1.54) is 6.42 Å². The van der Waals surface area contributed by atoms with E-state index in [1.807, 2.05) is 4.90 Å². The second-order valence-electron chi connectivity index (χ2n) is 5.03. The van der Waals surface area contributed by atoms with E-state index in [9.17, 15) is 9.59 Å². The summed E-state index contributed by atoms with van der Waals surface area (Å²) < 4.78 is 0.540. The average Bonchev–Trinajstić information content (AvgIpc) is 2.34. The van der Waals surface area contributed by atoms with Crippen molar-refractivity contribution in [2.45, 2.75) is 44.2 Å². The molecule has 0 aromatic heterocycles. The number of nitrogens with one attached hydrogen (secondary N) is 2. The zero-order chi connectivity index (χ0) is 13.0. The lowest BCUT2D eigenvalue weighted by Crippen LogP contribution is -2.52. The summed E-state index contributed by atoms with van der Waals surface area (Å²) in [5, 5.41) is 5.98. The molecule has 0 aromatic carbocycles. The van der Waals surface area contributed by atoms with Gasteiger partial charge in [-0.1, -0.05) is 22.6 Å². The first-order chi connectivity index (χ1) is 8.69. The summed E-state index contributed by atoms with van der Waals surface area (Å²) in [6.45, 7) is 1.52. The van der Waals surface area contributed by atoms with E-state index in [0.717, 1.165) is 38.8 Å². The van der Waals surface area contributed by atoms with Crippen molar-refractivity contribution in [3.8, 4) is 0 Å². The van der Waals surface area contributed by atoms with Crippen molar-refractivity contribution in [1.82, 2.24) is 15.5 Å². The van der Waals surface area contributed by atoms with Crippen LogP contribution in [0.25, 0.3) is 0 Å². The number of alkyl halides is 1. The molecule has 18 heavy (non-hydrogen) atoms. The Morgan fingerprint density at radius 2 is 1.61 bits per heavy atom. The molecular weight excluding hydrogens is 345 g/mol. The Hall–Kier alpha value is -0.530. The van der Waals surface area contributed by atoms with Crippen molar-refractivity contribution < 1.29 is 9.59 Å². The molecule has 1 aliphatic heterocycles. The van der Waals surface area contributed by atoms with Gasteiger partial charge in [-0.25, -0.2) is 4.79 Å². The molecule has 0 spiro atoms. The molecule has 2 N–H and O–H groups in total. The van der Waals surface area contributed by atoms with Gasteiger partial charge in [-0.15, -0.1) is 0 Å². The Labute approximate surface area is 121 Å². The lowest BCUT2D eigenvalue weighted by atomic mass is 9.93. The molecule has 5 nitrogen and oxygen atoms in total. The molecule has 1 saturated heterocycles. The molecule has 0 atom stereocenters. The molecule has 6 heteroatoms. The molecule has 0 bridgehead atoms. The highest BCUT2D eigenvalue weighted by Gasteiger charge is 2.25. The Kier molecular flexibility index (Phi) is 5.08. The summed E-state index contributed by atoms with van der Waals surface area (Å²) in [6.07, 6.45) is 5.16. The monoisotopic (exact) mass is 365 g/mol. The second kappa shape index (κ2) is 6.58. The molecule has 0 radical (unpaired) electrons.